The third kappa shape index (κ3) is 3.26. The fourth-order valence-corrected chi connectivity index (χ4v) is 1.64. The molecule has 0 saturated carbocycles. The Morgan fingerprint density at radius 3 is 2.95 bits per heavy atom. The first-order chi connectivity index (χ1) is 9.20. The summed E-state index contributed by atoms with van der Waals surface area (Å²) in [6.07, 6.45) is 3.27. The number of hydrogen-bond acceptors (Lipinski definition) is 6. The van der Waals surface area contributed by atoms with Crippen LogP contribution in [0.4, 0.5) is 11.4 Å². The highest BCUT2D eigenvalue weighted by Gasteiger charge is 2.13. The Morgan fingerprint density at radius 2 is 2.32 bits per heavy atom. The van der Waals surface area contributed by atoms with Crippen molar-refractivity contribution in [2.45, 2.75) is 13.2 Å². The van der Waals surface area contributed by atoms with Crippen molar-refractivity contribution in [2.75, 3.05) is 11.9 Å². The molecule has 1 heterocycles. The first-order valence-corrected chi connectivity index (χ1v) is 5.67. The molecule has 0 bridgehead atoms. The van der Waals surface area contributed by atoms with Gasteiger partial charge in [-0.3, -0.25) is 14.8 Å². The van der Waals surface area contributed by atoms with Gasteiger partial charge in [0, 0.05) is 18.8 Å². The minimum absolute atomic E-state index is 0.0178. The van der Waals surface area contributed by atoms with E-state index in [1.54, 1.807) is 23.1 Å². The fourth-order valence-electron chi connectivity index (χ4n) is 1.64. The number of anilines is 1. The maximum absolute atomic E-state index is 10.9. The summed E-state index contributed by atoms with van der Waals surface area (Å²) < 4.78 is 1.62. The number of nitro benzene ring substituents is 1. The number of hydrogen-bond donors (Lipinski definition) is 2. The number of aliphatic hydroxyl groups excluding tert-OH is 1. The van der Waals surface area contributed by atoms with Gasteiger partial charge in [0.15, 0.2) is 0 Å². The molecule has 19 heavy (non-hydrogen) atoms. The normalized spacial score (nSPS) is 10.4. The lowest BCUT2D eigenvalue weighted by Gasteiger charge is -2.08. The van der Waals surface area contributed by atoms with Crippen molar-refractivity contribution < 1.29 is 10.0 Å². The molecule has 1 aromatic carbocycles. The number of nitrogens with zero attached hydrogens (tertiary/aromatic N) is 4. The third-order valence-corrected chi connectivity index (χ3v) is 2.57. The minimum atomic E-state index is -0.459. The van der Waals surface area contributed by atoms with Crippen LogP contribution in [0.2, 0.25) is 0 Å². The van der Waals surface area contributed by atoms with Crippen LogP contribution < -0.4 is 5.32 Å². The second-order valence-electron chi connectivity index (χ2n) is 3.86. The molecule has 8 nitrogen and oxygen atoms in total. The fraction of sp³-hybridized carbons (Fsp3) is 0.273. The first kappa shape index (κ1) is 13.0. The second-order valence-corrected chi connectivity index (χ2v) is 3.86. The standard InChI is InChI=1S/C11H13N5O3/c17-8-9-1-2-11(16(18)19)10(7-9)12-3-5-15-6-4-13-14-15/h1-2,4,6-7,12,17H,3,5,8H2. The van der Waals surface area contributed by atoms with Crippen molar-refractivity contribution in [1.82, 2.24) is 15.0 Å². The van der Waals surface area contributed by atoms with Crippen LogP contribution in [0.15, 0.2) is 30.6 Å². The molecular weight excluding hydrogens is 250 g/mol. The summed E-state index contributed by atoms with van der Waals surface area (Å²) >= 11 is 0. The molecule has 0 unspecified atom stereocenters. The molecule has 0 aliphatic carbocycles. The molecule has 0 atom stereocenters. The number of aromatic nitrogens is 3. The van der Waals surface area contributed by atoms with Gasteiger partial charge in [-0.2, -0.15) is 0 Å². The number of benzene rings is 1. The Bertz CT molecular complexity index is 555. The van der Waals surface area contributed by atoms with Gasteiger partial charge in [-0.15, -0.1) is 5.10 Å². The molecule has 2 aromatic rings. The largest absolute Gasteiger partial charge is 0.392 e. The van der Waals surface area contributed by atoms with Gasteiger partial charge in [-0.25, -0.2) is 0 Å². The van der Waals surface area contributed by atoms with E-state index < -0.39 is 4.92 Å². The summed E-state index contributed by atoms with van der Waals surface area (Å²) in [5.74, 6) is 0. The van der Waals surface area contributed by atoms with Crippen molar-refractivity contribution in [2.24, 2.45) is 0 Å². The predicted octanol–water partition coefficient (Wildman–Crippen LogP) is 0.791. The Balaban J connectivity index is 2.06. The maximum Gasteiger partial charge on any atom is 0.292 e. The Hall–Kier alpha value is -2.48. The average molecular weight is 263 g/mol. The lowest BCUT2D eigenvalue weighted by atomic mass is 10.2. The van der Waals surface area contributed by atoms with E-state index in [-0.39, 0.29) is 12.3 Å². The van der Waals surface area contributed by atoms with Gasteiger partial charge in [0.2, 0.25) is 0 Å². The molecule has 2 rings (SSSR count). The summed E-state index contributed by atoms with van der Waals surface area (Å²) in [5, 5.41) is 30.4. The van der Waals surface area contributed by atoms with Gasteiger partial charge in [-0.05, 0) is 17.7 Å². The molecule has 0 radical (unpaired) electrons. The van der Waals surface area contributed by atoms with Crippen LogP contribution in [-0.4, -0.2) is 31.6 Å². The summed E-state index contributed by atoms with van der Waals surface area (Å²) in [5.41, 5.74) is 0.987. The number of rotatable bonds is 6. The number of aliphatic hydroxyl groups is 1. The van der Waals surface area contributed by atoms with E-state index in [1.165, 1.54) is 12.1 Å². The maximum atomic E-state index is 10.9. The van der Waals surface area contributed by atoms with Gasteiger partial charge < -0.3 is 10.4 Å². The van der Waals surface area contributed by atoms with Crippen molar-refractivity contribution in [3.8, 4) is 0 Å². The summed E-state index contributed by atoms with van der Waals surface area (Å²) in [6.45, 7) is 0.856. The lowest BCUT2D eigenvalue weighted by molar-refractivity contribution is -0.384. The highest BCUT2D eigenvalue weighted by molar-refractivity contribution is 5.62. The molecule has 0 fully saturated rings. The van der Waals surface area contributed by atoms with E-state index in [4.69, 9.17) is 5.11 Å². The quantitative estimate of drug-likeness (QED) is 0.589. The second kappa shape index (κ2) is 5.91. The van der Waals surface area contributed by atoms with E-state index in [0.717, 1.165) is 0 Å². The van der Waals surface area contributed by atoms with Crippen molar-refractivity contribution in [3.63, 3.8) is 0 Å². The van der Waals surface area contributed by atoms with Gasteiger partial charge in [-0.1, -0.05) is 5.21 Å². The van der Waals surface area contributed by atoms with Gasteiger partial charge in [0.1, 0.15) is 5.69 Å². The topological polar surface area (TPSA) is 106 Å². The summed E-state index contributed by atoms with van der Waals surface area (Å²) in [4.78, 5) is 10.4. The SMILES string of the molecule is O=[N+]([O-])c1ccc(CO)cc1NCCn1ccnn1. The molecule has 8 heteroatoms. The highest BCUT2D eigenvalue weighted by Crippen LogP contribution is 2.25. The molecule has 0 aliphatic heterocycles. The first-order valence-electron chi connectivity index (χ1n) is 5.67. The molecule has 1 aromatic heterocycles. The summed E-state index contributed by atoms with van der Waals surface area (Å²) in [6, 6.07) is 4.48. The zero-order valence-corrected chi connectivity index (χ0v) is 10.1. The molecule has 2 N–H and O–H groups in total. The van der Waals surface area contributed by atoms with Crippen molar-refractivity contribution in [3.05, 3.63) is 46.3 Å². The van der Waals surface area contributed by atoms with E-state index in [2.05, 4.69) is 15.6 Å². The lowest BCUT2D eigenvalue weighted by Crippen LogP contribution is -2.12. The van der Waals surface area contributed by atoms with Crippen LogP contribution in [-0.2, 0) is 13.2 Å². The van der Waals surface area contributed by atoms with E-state index in [0.29, 0.717) is 24.3 Å². The molecule has 0 saturated heterocycles. The van der Waals surface area contributed by atoms with Crippen LogP contribution in [0.5, 0.6) is 0 Å². The van der Waals surface area contributed by atoms with Crippen LogP contribution in [0.25, 0.3) is 0 Å². The smallest absolute Gasteiger partial charge is 0.292 e. The zero-order chi connectivity index (χ0) is 13.7. The van der Waals surface area contributed by atoms with Crippen LogP contribution in [0.1, 0.15) is 5.56 Å². The van der Waals surface area contributed by atoms with E-state index in [9.17, 15) is 10.1 Å². The monoisotopic (exact) mass is 263 g/mol. The number of nitrogens with one attached hydrogen (secondary N) is 1. The zero-order valence-electron chi connectivity index (χ0n) is 10.1. The average Bonchev–Trinajstić information content (AvgIpc) is 2.91. The van der Waals surface area contributed by atoms with Crippen LogP contribution >= 0.6 is 0 Å². The van der Waals surface area contributed by atoms with Gasteiger partial charge in [0.05, 0.1) is 24.3 Å². The van der Waals surface area contributed by atoms with Crippen molar-refractivity contribution >= 4 is 11.4 Å². The Labute approximate surface area is 108 Å². The van der Waals surface area contributed by atoms with Crippen LogP contribution in [0, 0.1) is 10.1 Å². The molecule has 0 spiro atoms. The van der Waals surface area contributed by atoms with Crippen LogP contribution in [0.3, 0.4) is 0 Å². The van der Waals surface area contributed by atoms with E-state index >= 15 is 0 Å². The molecule has 0 amide bonds. The number of nitro groups is 1. The van der Waals surface area contributed by atoms with E-state index in [1.807, 2.05) is 0 Å². The van der Waals surface area contributed by atoms with Gasteiger partial charge >= 0.3 is 0 Å². The highest BCUT2D eigenvalue weighted by atomic mass is 16.6. The molecular formula is C11H13N5O3. The van der Waals surface area contributed by atoms with Crippen molar-refractivity contribution in [1.29, 1.82) is 0 Å². The van der Waals surface area contributed by atoms with Gasteiger partial charge in [0.25, 0.3) is 5.69 Å². The summed E-state index contributed by atoms with van der Waals surface area (Å²) in [7, 11) is 0. The third-order valence-electron chi connectivity index (χ3n) is 2.57. The molecule has 0 aliphatic rings. The Kier molecular flexibility index (Phi) is 4.04. The predicted molar refractivity (Wildman–Crippen MR) is 67.5 cm³/mol. The molecule has 100 valence electrons. The minimum Gasteiger partial charge on any atom is -0.392 e. The Morgan fingerprint density at radius 1 is 1.47 bits per heavy atom.